The highest BCUT2D eigenvalue weighted by Gasteiger charge is 2.15. The Morgan fingerprint density at radius 1 is 0.489 bits per heavy atom. The molecule has 0 amide bonds. The minimum Gasteiger partial charge on any atom is -0.480 e. The van der Waals surface area contributed by atoms with E-state index in [0.29, 0.717) is 22.3 Å². The van der Waals surface area contributed by atoms with E-state index < -0.39 is 5.97 Å². The third-order valence-electron chi connectivity index (χ3n) is 7.22. The van der Waals surface area contributed by atoms with Gasteiger partial charge in [-0.15, -0.1) is 0 Å². The molecule has 0 aliphatic heterocycles. The molecule has 7 nitrogen and oxygen atoms in total. The number of aliphatic carboxylic acids is 1. The average molecular weight is 600 g/mol. The molecule has 45 heavy (non-hydrogen) atoms. The van der Waals surface area contributed by atoms with Gasteiger partial charge < -0.3 is 9.67 Å². The molecule has 0 aliphatic carbocycles. The first kappa shape index (κ1) is 32.2. The zero-order valence-corrected chi connectivity index (χ0v) is 25.1. The summed E-state index contributed by atoms with van der Waals surface area (Å²) in [7, 11) is 0. The van der Waals surface area contributed by atoms with E-state index in [-0.39, 0.29) is 42.5 Å². The van der Waals surface area contributed by atoms with Crippen LogP contribution >= 0.6 is 0 Å². The molecule has 0 saturated carbocycles. The topological polar surface area (TPSA) is 111 Å². The maximum absolute atomic E-state index is 12.0. The van der Waals surface area contributed by atoms with Crippen LogP contribution in [-0.2, 0) is 11.3 Å². The van der Waals surface area contributed by atoms with Gasteiger partial charge in [0.1, 0.15) is 6.54 Å². The third-order valence-corrected chi connectivity index (χ3v) is 7.22. The summed E-state index contributed by atoms with van der Waals surface area (Å²) in [5, 5.41) is 9.28. The Morgan fingerprint density at radius 3 is 1.31 bits per heavy atom. The lowest BCUT2D eigenvalue weighted by Crippen LogP contribution is -2.11. The van der Waals surface area contributed by atoms with Gasteiger partial charge in [-0.3, -0.25) is 24.0 Å². The SMILES string of the molecule is CC(=O)c1ccc(-c2ccc(-c3ccccc3)n2CC(=O)O)cc1.CC(=O)c1ccc(C(=O)CCC(=O)c2ccccc2)cc1. The van der Waals surface area contributed by atoms with Crippen molar-refractivity contribution in [2.45, 2.75) is 33.2 Å². The quantitative estimate of drug-likeness (QED) is 0.155. The highest BCUT2D eigenvalue weighted by Crippen LogP contribution is 2.29. The van der Waals surface area contributed by atoms with Gasteiger partial charge in [-0.1, -0.05) is 109 Å². The maximum atomic E-state index is 12.0. The first-order valence-electron chi connectivity index (χ1n) is 14.4. The van der Waals surface area contributed by atoms with Gasteiger partial charge in [-0.05, 0) is 37.1 Å². The summed E-state index contributed by atoms with van der Waals surface area (Å²) >= 11 is 0. The Labute approximate surface area is 261 Å². The number of carbonyl (C=O) groups excluding carboxylic acids is 4. The predicted molar refractivity (Wildman–Crippen MR) is 174 cm³/mol. The molecular weight excluding hydrogens is 566 g/mol. The summed E-state index contributed by atoms with van der Waals surface area (Å²) in [5.41, 5.74) is 5.87. The van der Waals surface area contributed by atoms with Crippen molar-refractivity contribution in [3.63, 3.8) is 0 Å². The highest BCUT2D eigenvalue weighted by atomic mass is 16.4. The number of hydrogen-bond donors (Lipinski definition) is 1. The number of carboxylic acids is 1. The lowest BCUT2D eigenvalue weighted by molar-refractivity contribution is -0.137. The van der Waals surface area contributed by atoms with Gasteiger partial charge in [0.15, 0.2) is 23.1 Å². The molecular formula is C38H33NO6. The summed E-state index contributed by atoms with van der Waals surface area (Å²) in [6.45, 7) is 2.88. The van der Waals surface area contributed by atoms with Crippen LogP contribution in [0, 0.1) is 0 Å². The van der Waals surface area contributed by atoms with E-state index in [0.717, 1.165) is 22.5 Å². The van der Waals surface area contributed by atoms with E-state index in [1.165, 1.54) is 13.8 Å². The van der Waals surface area contributed by atoms with Gasteiger partial charge in [-0.2, -0.15) is 0 Å². The van der Waals surface area contributed by atoms with Crippen molar-refractivity contribution in [2.24, 2.45) is 0 Å². The van der Waals surface area contributed by atoms with Crippen molar-refractivity contribution in [1.82, 2.24) is 4.57 Å². The summed E-state index contributed by atoms with van der Waals surface area (Å²) < 4.78 is 1.78. The molecule has 1 aromatic heterocycles. The number of benzene rings is 4. The monoisotopic (exact) mass is 599 g/mol. The average Bonchev–Trinajstić information content (AvgIpc) is 3.47. The van der Waals surface area contributed by atoms with Crippen molar-refractivity contribution >= 4 is 29.1 Å². The molecule has 5 aromatic rings. The number of ketones is 4. The Hall–Kier alpha value is -5.69. The van der Waals surface area contributed by atoms with Gasteiger partial charge in [0.2, 0.25) is 0 Å². The number of nitrogens with zero attached hydrogens (tertiary/aromatic N) is 1. The maximum Gasteiger partial charge on any atom is 0.323 e. The van der Waals surface area contributed by atoms with Crippen LogP contribution in [0.1, 0.15) is 68.1 Å². The van der Waals surface area contributed by atoms with E-state index in [4.69, 9.17) is 0 Å². The summed E-state index contributed by atoms with van der Waals surface area (Å²) in [6.07, 6.45) is 0.366. The molecule has 4 aromatic carbocycles. The number of hydrogen-bond acceptors (Lipinski definition) is 5. The molecule has 0 atom stereocenters. The fraction of sp³-hybridized carbons (Fsp3) is 0.132. The molecule has 1 heterocycles. The zero-order valence-electron chi connectivity index (χ0n) is 25.1. The minimum atomic E-state index is -0.898. The Bertz CT molecular complexity index is 1800. The fourth-order valence-electron chi connectivity index (χ4n) is 4.79. The molecule has 226 valence electrons. The standard InChI is InChI=1S/C20H17NO3.C18H16O3/c1-14(22)15-7-9-17(10-8-15)19-12-11-18(21(19)13-20(23)24)16-5-3-2-4-6-16;1-13(19)14-7-9-16(10-8-14)18(21)12-11-17(20)15-5-3-2-4-6-15/h2-12H,13H2,1H3,(H,23,24);2-10H,11-12H2,1H3. The molecule has 0 unspecified atom stereocenters. The molecule has 7 heteroatoms. The van der Waals surface area contributed by atoms with E-state index in [1.807, 2.05) is 60.7 Å². The Morgan fingerprint density at radius 2 is 0.867 bits per heavy atom. The van der Waals surface area contributed by atoms with E-state index in [2.05, 4.69) is 0 Å². The molecule has 0 fully saturated rings. The highest BCUT2D eigenvalue weighted by molar-refractivity contribution is 6.03. The third kappa shape index (κ3) is 8.67. The molecule has 0 radical (unpaired) electrons. The van der Waals surface area contributed by atoms with E-state index in [1.54, 1.807) is 65.2 Å². The first-order valence-corrected chi connectivity index (χ1v) is 14.4. The normalized spacial score (nSPS) is 10.4. The van der Waals surface area contributed by atoms with Crippen molar-refractivity contribution in [3.05, 3.63) is 144 Å². The second kappa shape index (κ2) is 15.2. The smallest absolute Gasteiger partial charge is 0.323 e. The van der Waals surface area contributed by atoms with Crippen LogP contribution in [0.4, 0.5) is 0 Å². The lowest BCUT2D eigenvalue weighted by Gasteiger charge is -2.12. The lowest BCUT2D eigenvalue weighted by atomic mass is 10.0. The number of Topliss-reactive ketones (excluding diaryl/α,β-unsaturated/α-hetero) is 4. The summed E-state index contributed by atoms with van der Waals surface area (Å²) in [4.78, 5) is 57.8. The summed E-state index contributed by atoms with van der Waals surface area (Å²) in [5.74, 6) is -1.05. The van der Waals surface area contributed by atoms with Crippen molar-refractivity contribution in [1.29, 1.82) is 0 Å². The van der Waals surface area contributed by atoms with Crippen molar-refractivity contribution in [2.75, 3.05) is 0 Å². The molecule has 0 saturated heterocycles. The van der Waals surface area contributed by atoms with Crippen molar-refractivity contribution in [3.8, 4) is 22.5 Å². The van der Waals surface area contributed by atoms with Gasteiger partial charge >= 0.3 is 5.97 Å². The number of carbonyl (C=O) groups is 5. The van der Waals surface area contributed by atoms with Gasteiger partial charge in [0.25, 0.3) is 0 Å². The van der Waals surface area contributed by atoms with Gasteiger partial charge in [0.05, 0.1) is 0 Å². The van der Waals surface area contributed by atoms with Crippen LogP contribution in [0.3, 0.4) is 0 Å². The minimum absolute atomic E-state index is 0.00689. The van der Waals surface area contributed by atoms with Crippen molar-refractivity contribution < 1.29 is 29.1 Å². The van der Waals surface area contributed by atoms with Crippen LogP contribution in [0.15, 0.2) is 121 Å². The number of carboxylic acid groups (broad SMARTS) is 1. The van der Waals surface area contributed by atoms with Gasteiger partial charge in [0, 0.05) is 46.5 Å². The van der Waals surface area contributed by atoms with Crippen LogP contribution < -0.4 is 0 Å². The zero-order chi connectivity index (χ0) is 32.3. The molecule has 1 N–H and O–H groups in total. The van der Waals surface area contributed by atoms with E-state index in [9.17, 15) is 29.1 Å². The second-order valence-corrected chi connectivity index (χ2v) is 10.4. The largest absolute Gasteiger partial charge is 0.480 e. The Kier molecular flexibility index (Phi) is 10.9. The fourth-order valence-corrected chi connectivity index (χ4v) is 4.79. The predicted octanol–water partition coefficient (Wildman–Crippen LogP) is 7.84. The summed E-state index contributed by atoms with van der Waals surface area (Å²) in [6, 6.07) is 36.2. The molecule has 0 spiro atoms. The first-order chi connectivity index (χ1) is 21.6. The van der Waals surface area contributed by atoms with Crippen LogP contribution in [0.5, 0.6) is 0 Å². The van der Waals surface area contributed by atoms with E-state index >= 15 is 0 Å². The number of aromatic nitrogens is 1. The molecule has 5 rings (SSSR count). The van der Waals surface area contributed by atoms with Crippen LogP contribution in [0.2, 0.25) is 0 Å². The van der Waals surface area contributed by atoms with Crippen LogP contribution in [0.25, 0.3) is 22.5 Å². The van der Waals surface area contributed by atoms with Gasteiger partial charge in [-0.25, -0.2) is 0 Å². The molecule has 0 aliphatic rings. The van der Waals surface area contributed by atoms with Crippen LogP contribution in [-0.4, -0.2) is 38.8 Å². The number of rotatable bonds is 11. The Balaban J connectivity index is 0.000000207. The molecule has 0 bridgehead atoms. The second-order valence-electron chi connectivity index (χ2n) is 10.4.